The highest BCUT2D eigenvalue weighted by molar-refractivity contribution is 5.81. The first-order chi connectivity index (χ1) is 9.95. The number of carbonyl (C=O) groups is 1. The van der Waals surface area contributed by atoms with Crippen LogP contribution in [0.15, 0.2) is 18.2 Å². The molecule has 1 atom stereocenters. The number of hydrogen-bond donors (Lipinski definition) is 1. The van der Waals surface area contributed by atoms with Crippen LogP contribution in [0.1, 0.15) is 30.9 Å². The molecular weight excluding hydrogens is 264 g/mol. The molecule has 21 heavy (non-hydrogen) atoms. The van der Waals surface area contributed by atoms with E-state index in [2.05, 4.69) is 17.3 Å². The Hall–Kier alpha value is -1.55. The van der Waals surface area contributed by atoms with Crippen molar-refractivity contribution in [3.8, 4) is 5.75 Å². The Morgan fingerprint density at radius 2 is 2.00 bits per heavy atom. The lowest BCUT2D eigenvalue weighted by atomic mass is 10.1. The van der Waals surface area contributed by atoms with Crippen LogP contribution in [0.3, 0.4) is 0 Å². The maximum absolute atomic E-state index is 12.2. The standard InChI is InChI=1S/C17H26N2O2/c1-12-5-6-13(2)16(11-12)21-14(3)17(20)18-15-7-9-19(4)10-8-15/h5-6,11,14-15H,7-10H2,1-4H3,(H,18,20)/t14-/m0/s1. The summed E-state index contributed by atoms with van der Waals surface area (Å²) in [6.45, 7) is 7.91. The molecule has 1 fully saturated rings. The molecule has 1 aliphatic rings. The van der Waals surface area contributed by atoms with Crippen molar-refractivity contribution >= 4 is 5.91 Å². The van der Waals surface area contributed by atoms with Crippen LogP contribution < -0.4 is 10.1 Å². The largest absolute Gasteiger partial charge is 0.481 e. The highest BCUT2D eigenvalue weighted by Gasteiger charge is 2.22. The summed E-state index contributed by atoms with van der Waals surface area (Å²) in [4.78, 5) is 14.5. The Kier molecular flexibility index (Phi) is 5.23. The van der Waals surface area contributed by atoms with Crippen molar-refractivity contribution in [2.45, 2.75) is 45.8 Å². The van der Waals surface area contributed by atoms with Gasteiger partial charge in [0.05, 0.1) is 0 Å². The normalized spacial score (nSPS) is 18.3. The second kappa shape index (κ2) is 6.94. The molecule has 1 aromatic rings. The molecule has 0 spiro atoms. The third-order valence-electron chi connectivity index (χ3n) is 4.08. The SMILES string of the molecule is Cc1ccc(C)c(O[C@@H](C)C(=O)NC2CCN(C)CC2)c1. The third kappa shape index (κ3) is 4.46. The molecule has 1 heterocycles. The molecule has 0 radical (unpaired) electrons. The fraction of sp³-hybridized carbons (Fsp3) is 0.588. The summed E-state index contributed by atoms with van der Waals surface area (Å²) in [5, 5.41) is 3.10. The Bertz CT molecular complexity index is 494. The molecule has 2 rings (SSSR count). The van der Waals surface area contributed by atoms with Gasteiger partial charge in [-0.2, -0.15) is 0 Å². The quantitative estimate of drug-likeness (QED) is 0.925. The Morgan fingerprint density at radius 1 is 1.33 bits per heavy atom. The summed E-state index contributed by atoms with van der Waals surface area (Å²) in [6.07, 6.45) is 1.56. The summed E-state index contributed by atoms with van der Waals surface area (Å²) in [7, 11) is 2.12. The monoisotopic (exact) mass is 290 g/mol. The molecule has 1 aliphatic heterocycles. The Labute approximate surface area is 127 Å². The topological polar surface area (TPSA) is 41.6 Å². The van der Waals surface area contributed by atoms with Gasteiger partial charge in [0.2, 0.25) is 0 Å². The van der Waals surface area contributed by atoms with E-state index in [9.17, 15) is 4.79 Å². The summed E-state index contributed by atoms with van der Waals surface area (Å²) in [6, 6.07) is 6.32. The molecule has 1 amide bonds. The van der Waals surface area contributed by atoms with Crippen molar-refractivity contribution in [3.05, 3.63) is 29.3 Å². The van der Waals surface area contributed by atoms with Crippen LogP contribution in [0, 0.1) is 13.8 Å². The van der Waals surface area contributed by atoms with Gasteiger partial charge < -0.3 is 15.0 Å². The molecule has 4 heteroatoms. The zero-order chi connectivity index (χ0) is 15.4. The van der Waals surface area contributed by atoms with Gasteiger partial charge in [0, 0.05) is 6.04 Å². The van der Waals surface area contributed by atoms with E-state index < -0.39 is 6.10 Å². The fourth-order valence-corrected chi connectivity index (χ4v) is 2.55. The summed E-state index contributed by atoms with van der Waals surface area (Å²) in [5.74, 6) is 0.770. The first kappa shape index (κ1) is 15.8. The van der Waals surface area contributed by atoms with Crippen molar-refractivity contribution in [1.29, 1.82) is 0 Å². The average molecular weight is 290 g/mol. The lowest BCUT2D eigenvalue weighted by Crippen LogP contribution is -2.47. The molecule has 1 saturated heterocycles. The van der Waals surface area contributed by atoms with E-state index in [1.54, 1.807) is 0 Å². The van der Waals surface area contributed by atoms with Gasteiger partial charge >= 0.3 is 0 Å². The van der Waals surface area contributed by atoms with Crippen molar-refractivity contribution in [1.82, 2.24) is 10.2 Å². The smallest absolute Gasteiger partial charge is 0.260 e. The number of likely N-dealkylation sites (tertiary alicyclic amines) is 1. The summed E-state index contributed by atoms with van der Waals surface area (Å²) in [5.41, 5.74) is 2.19. The van der Waals surface area contributed by atoms with E-state index in [1.165, 1.54) is 0 Å². The predicted octanol–water partition coefficient (Wildman–Crippen LogP) is 2.28. The van der Waals surface area contributed by atoms with Gasteiger partial charge in [-0.1, -0.05) is 12.1 Å². The molecule has 0 unspecified atom stereocenters. The predicted molar refractivity (Wildman–Crippen MR) is 84.7 cm³/mol. The first-order valence-electron chi connectivity index (χ1n) is 7.68. The van der Waals surface area contributed by atoms with Gasteiger partial charge in [-0.25, -0.2) is 0 Å². The number of carbonyl (C=O) groups excluding carboxylic acids is 1. The zero-order valence-corrected chi connectivity index (χ0v) is 13.5. The van der Waals surface area contributed by atoms with E-state index in [4.69, 9.17) is 4.74 Å². The van der Waals surface area contributed by atoms with Crippen LogP contribution in [-0.4, -0.2) is 43.1 Å². The number of hydrogen-bond acceptors (Lipinski definition) is 3. The minimum atomic E-state index is -0.467. The molecule has 1 N–H and O–H groups in total. The zero-order valence-electron chi connectivity index (χ0n) is 13.5. The number of benzene rings is 1. The fourth-order valence-electron chi connectivity index (χ4n) is 2.55. The van der Waals surface area contributed by atoms with E-state index in [1.807, 2.05) is 39.0 Å². The average Bonchev–Trinajstić information content (AvgIpc) is 2.45. The van der Waals surface area contributed by atoms with Crippen LogP contribution in [0.5, 0.6) is 5.75 Å². The molecule has 4 nitrogen and oxygen atoms in total. The van der Waals surface area contributed by atoms with Crippen LogP contribution in [-0.2, 0) is 4.79 Å². The van der Waals surface area contributed by atoms with Crippen LogP contribution >= 0.6 is 0 Å². The molecule has 0 saturated carbocycles. The highest BCUT2D eigenvalue weighted by Crippen LogP contribution is 2.20. The number of ether oxygens (including phenoxy) is 1. The van der Waals surface area contributed by atoms with Crippen molar-refractivity contribution in [3.63, 3.8) is 0 Å². The van der Waals surface area contributed by atoms with Crippen molar-refractivity contribution < 1.29 is 9.53 Å². The van der Waals surface area contributed by atoms with Gasteiger partial charge in [-0.15, -0.1) is 0 Å². The van der Waals surface area contributed by atoms with Crippen molar-refractivity contribution in [2.24, 2.45) is 0 Å². The van der Waals surface area contributed by atoms with E-state index >= 15 is 0 Å². The van der Waals surface area contributed by atoms with Crippen LogP contribution in [0.2, 0.25) is 0 Å². The number of piperidine rings is 1. The van der Waals surface area contributed by atoms with Gasteiger partial charge in [0.1, 0.15) is 5.75 Å². The van der Waals surface area contributed by atoms with Gasteiger partial charge in [-0.05, 0) is 70.9 Å². The Morgan fingerprint density at radius 3 is 2.67 bits per heavy atom. The molecular formula is C17H26N2O2. The minimum absolute atomic E-state index is 0.0227. The molecule has 0 bridgehead atoms. The van der Waals surface area contributed by atoms with E-state index in [0.717, 1.165) is 42.8 Å². The van der Waals surface area contributed by atoms with Crippen LogP contribution in [0.4, 0.5) is 0 Å². The van der Waals surface area contributed by atoms with Gasteiger partial charge in [0.25, 0.3) is 5.91 Å². The highest BCUT2D eigenvalue weighted by atomic mass is 16.5. The maximum Gasteiger partial charge on any atom is 0.260 e. The first-order valence-corrected chi connectivity index (χ1v) is 7.68. The third-order valence-corrected chi connectivity index (χ3v) is 4.08. The van der Waals surface area contributed by atoms with E-state index in [-0.39, 0.29) is 11.9 Å². The lowest BCUT2D eigenvalue weighted by molar-refractivity contribution is -0.128. The van der Waals surface area contributed by atoms with Gasteiger partial charge in [-0.3, -0.25) is 4.79 Å². The Balaban J connectivity index is 1.89. The number of nitrogens with one attached hydrogen (secondary N) is 1. The van der Waals surface area contributed by atoms with E-state index in [0.29, 0.717) is 0 Å². The summed E-state index contributed by atoms with van der Waals surface area (Å²) >= 11 is 0. The van der Waals surface area contributed by atoms with Crippen molar-refractivity contribution in [2.75, 3.05) is 20.1 Å². The second-order valence-corrected chi connectivity index (χ2v) is 6.12. The summed E-state index contributed by atoms with van der Waals surface area (Å²) < 4.78 is 5.83. The molecule has 116 valence electrons. The van der Waals surface area contributed by atoms with Gasteiger partial charge in [0.15, 0.2) is 6.10 Å². The lowest BCUT2D eigenvalue weighted by Gasteiger charge is -2.30. The minimum Gasteiger partial charge on any atom is -0.481 e. The second-order valence-electron chi connectivity index (χ2n) is 6.12. The number of aryl methyl sites for hydroxylation is 2. The molecule has 0 aliphatic carbocycles. The molecule has 0 aromatic heterocycles. The molecule has 1 aromatic carbocycles. The number of nitrogens with zero attached hydrogens (tertiary/aromatic N) is 1. The number of rotatable bonds is 4. The number of amides is 1. The van der Waals surface area contributed by atoms with Crippen LogP contribution in [0.25, 0.3) is 0 Å². The maximum atomic E-state index is 12.2.